The standard InChI is InChI=1S/C15H8BrClFNO/c16-10-3-1-9(12(17)7-10)2-6-15-19-13-8-11(18)4-5-14(13)20-15/h1-8H/b6-2+. The zero-order valence-electron chi connectivity index (χ0n) is 10.1. The van der Waals surface area contributed by atoms with E-state index in [0.29, 0.717) is 22.0 Å². The minimum absolute atomic E-state index is 0.336. The molecule has 3 aromatic rings. The summed E-state index contributed by atoms with van der Waals surface area (Å²) in [4.78, 5) is 4.19. The minimum atomic E-state index is -0.336. The van der Waals surface area contributed by atoms with E-state index in [-0.39, 0.29) is 5.82 Å². The maximum atomic E-state index is 13.1. The fourth-order valence-corrected chi connectivity index (χ4v) is 2.52. The Morgan fingerprint density at radius 1 is 1.15 bits per heavy atom. The Morgan fingerprint density at radius 3 is 2.80 bits per heavy atom. The van der Waals surface area contributed by atoms with Crippen LogP contribution in [0.15, 0.2) is 45.3 Å². The number of hydrogen-bond acceptors (Lipinski definition) is 2. The van der Waals surface area contributed by atoms with Crippen LogP contribution in [-0.2, 0) is 0 Å². The number of oxazole rings is 1. The van der Waals surface area contributed by atoms with Gasteiger partial charge in [0.1, 0.15) is 11.3 Å². The van der Waals surface area contributed by atoms with Crippen LogP contribution < -0.4 is 0 Å². The van der Waals surface area contributed by atoms with E-state index in [0.717, 1.165) is 10.0 Å². The predicted octanol–water partition coefficient (Wildman–Crippen LogP) is 5.55. The van der Waals surface area contributed by atoms with Crippen molar-refractivity contribution in [1.29, 1.82) is 0 Å². The Morgan fingerprint density at radius 2 is 2.00 bits per heavy atom. The smallest absolute Gasteiger partial charge is 0.220 e. The van der Waals surface area contributed by atoms with Gasteiger partial charge < -0.3 is 4.42 Å². The van der Waals surface area contributed by atoms with Crippen molar-refractivity contribution in [2.75, 3.05) is 0 Å². The first kappa shape index (κ1) is 13.3. The second-order valence-corrected chi connectivity index (χ2v) is 5.49. The van der Waals surface area contributed by atoms with Crippen LogP contribution in [0.2, 0.25) is 5.02 Å². The highest BCUT2D eigenvalue weighted by molar-refractivity contribution is 9.10. The molecule has 100 valence electrons. The van der Waals surface area contributed by atoms with Crippen LogP contribution in [0.4, 0.5) is 4.39 Å². The summed E-state index contributed by atoms with van der Waals surface area (Å²) in [5.74, 6) is 0.0712. The molecule has 20 heavy (non-hydrogen) atoms. The van der Waals surface area contributed by atoms with Crippen LogP contribution >= 0.6 is 27.5 Å². The Bertz CT molecular complexity index is 813. The van der Waals surface area contributed by atoms with Crippen LogP contribution in [0.3, 0.4) is 0 Å². The molecule has 5 heteroatoms. The Balaban J connectivity index is 1.94. The van der Waals surface area contributed by atoms with Crippen molar-refractivity contribution in [2.45, 2.75) is 0 Å². The van der Waals surface area contributed by atoms with Gasteiger partial charge in [-0.25, -0.2) is 9.37 Å². The molecule has 0 unspecified atom stereocenters. The van der Waals surface area contributed by atoms with Gasteiger partial charge in [-0.15, -0.1) is 0 Å². The van der Waals surface area contributed by atoms with Crippen molar-refractivity contribution < 1.29 is 8.81 Å². The summed E-state index contributed by atoms with van der Waals surface area (Å²) in [6.07, 6.45) is 3.50. The van der Waals surface area contributed by atoms with E-state index >= 15 is 0 Å². The Labute approximate surface area is 128 Å². The molecule has 0 aliphatic carbocycles. The molecule has 0 saturated heterocycles. The molecule has 1 heterocycles. The van der Waals surface area contributed by atoms with Crippen molar-refractivity contribution in [3.8, 4) is 0 Å². The fourth-order valence-electron chi connectivity index (χ4n) is 1.79. The van der Waals surface area contributed by atoms with Crippen LogP contribution in [0, 0.1) is 5.82 Å². The lowest BCUT2D eigenvalue weighted by Crippen LogP contribution is -1.76. The molecule has 2 nitrogen and oxygen atoms in total. The first-order valence-electron chi connectivity index (χ1n) is 5.81. The van der Waals surface area contributed by atoms with E-state index in [2.05, 4.69) is 20.9 Å². The topological polar surface area (TPSA) is 26.0 Å². The number of nitrogens with zero attached hydrogens (tertiary/aromatic N) is 1. The molecule has 3 rings (SSSR count). The van der Waals surface area contributed by atoms with Crippen molar-refractivity contribution in [3.63, 3.8) is 0 Å². The van der Waals surface area contributed by atoms with Gasteiger partial charge >= 0.3 is 0 Å². The van der Waals surface area contributed by atoms with E-state index in [1.165, 1.54) is 12.1 Å². The van der Waals surface area contributed by atoms with E-state index in [1.54, 1.807) is 18.2 Å². The molecule has 0 aliphatic rings. The van der Waals surface area contributed by atoms with Crippen LogP contribution in [0.5, 0.6) is 0 Å². The zero-order valence-corrected chi connectivity index (χ0v) is 12.5. The summed E-state index contributed by atoms with van der Waals surface area (Å²) in [6.45, 7) is 0. The number of halogens is 3. The molecule has 0 spiro atoms. The Kier molecular flexibility index (Phi) is 3.59. The predicted molar refractivity (Wildman–Crippen MR) is 82.0 cm³/mol. The van der Waals surface area contributed by atoms with E-state index in [1.807, 2.05) is 18.2 Å². The third-order valence-electron chi connectivity index (χ3n) is 2.73. The van der Waals surface area contributed by atoms with Crippen molar-refractivity contribution >= 4 is 50.8 Å². The molecule has 0 atom stereocenters. The molecule has 0 bridgehead atoms. The van der Waals surface area contributed by atoms with Gasteiger partial charge in [-0.1, -0.05) is 33.6 Å². The minimum Gasteiger partial charge on any atom is -0.437 e. The molecular weight excluding hydrogens is 345 g/mol. The highest BCUT2D eigenvalue weighted by Crippen LogP contribution is 2.24. The van der Waals surface area contributed by atoms with Crippen molar-refractivity contribution in [3.05, 3.63) is 63.2 Å². The third-order valence-corrected chi connectivity index (χ3v) is 3.55. The number of hydrogen-bond donors (Lipinski definition) is 0. The van der Waals surface area contributed by atoms with Crippen LogP contribution in [0.1, 0.15) is 11.5 Å². The molecule has 1 aromatic heterocycles. The summed E-state index contributed by atoms with van der Waals surface area (Å²) >= 11 is 9.46. The van der Waals surface area contributed by atoms with Crippen molar-refractivity contribution in [1.82, 2.24) is 4.98 Å². The largest absolute Gasteiger partial charge is 0.437 e. The first-order chi connectivity index (χ1) is 9.61. The molecule has 0 amide bonds. The molecule has 0 fully saturated rings. The lowest BCUT2D eigenvalue weighted by Gasteiger charge is -1.97. The van der Waals surface area contributed by atoms with Gasteiger partial charge in [0.05, 0.1) is 0 Å². The maximum absolute atomic E-state index is 13.1. The van der Waals surface area contributed by atoms with Crippen molar-refractivity contribution in [2.24, 2.45) is 0 Å². The van der Waals surface area contributed by atoms with Gasteiger partial charge in [0.15, 0.2) is 5.58 Å². The number of benzene rings is 2. The summed E-state index contributed by atoms with van der Waals surface area (Å²) in [5, 5.41) is 0.623. The second kappa shape index (κ2) is 5.38. The lowest BCUT2D eigenvalue weighted by atomic mass is 10.2. The number of aromatic nitrogens is 1. The third kappa shape index (κ3) is 2.76. The average molecular weight is 353 g/mol. The fraction of sp³-hybridized carbons (Fsp3) is 0. The highest BCUT2D eigenvalue weighted by Gasteiger charge is 2.04. The van der Waals surface area contributed by atoms with Gasteiger partial charge in [0.25, 0.3) is 0 Å². The van der Waals surface area contributed by atoms with Gasteiger partial charge in [-0.3, -0.25) is 0 Å². The van der Waals surface area contributed by atoms with E-state index in [4.69, 9.17) is 16.0 Å². The molecule has 0 N–H and O–H groups in total. The second-order valence-electron chi connectivity index (χ2n) is 4.16. The van der Waals surface area contributed by atoms with Gasteiger partial charge in [-0.2, -0.15) is 0 Å². The van der Waals surface area contributed by atoms with Gasteiger partial charge in [-0.05, 0) is 35.9 Å². The van der Waals surface area contributed by atoms with Gasteiger partial charge in [0.2, 0.25) is 5.89 Å². The van der Waals surface area contributed by atoms with Gasteiger partial charge in [0, 0.05) is 21.6 Å². The molecule has 2 aromatic carbocycles. The normalized spacial score (nSPS) is 11.6. The van der Waals surface area contributed by atoms with Crippen LogP contribution in [0.25, 0.3) is 23.3 Å². The average Bonchev–Trinajstić information content (AvgIpc) is 2.79. The SMILES string of the molecule is Fc1ccc2oc(/C=C/c3ccc(Br)cc3Cl)nc2c1. The quantitative estimate of drug-likeness (QED) is 0.604. The highest BCUT2D eigenvalue weighted by atomic mass is 79.9. The van der Waals surface area contributed by atoms with Crippen LogP contribution in [-0.4, -0.2) is 4.98 Å². The molecule has 0 saturated carbocycles. The van der Waals surface area contributed by atoms with E-state index in [9.17, 15) is 4.39 Å². The Hall–Kier alpha value is -1.65. The number of fused-ring (bicyclic) bond motifs is 1. The maximum Gasteiger partial charge on any atom is 0.220 e. The summed E-state index contributed by atoms with van der Waals surface area (Å²) < 4.78 is 19.5. The molecule has 0 radical (unpaired) electrons. The summed E-state index contributed by atoms with van der Waals surface area (Å²) in [6, 6.07) is 9.82. The van der Waals surface area contributed by atoms with E-state index < -0.39 is 0 Å². The number of rotatable bonds is 2. The molecular formula is C15H8BrClFNO. The monoisotopic (exact) mass is 351 g/mol. The zero-order chi connectivity index (χ0) is 14.1. The first-order valence-corrected chi connectivity index (χ1v) is 6.98. The summed E-state index contributed by atoms with van der Waals surface area (Å²) in [5.41, 5.74) is 1.89. The lowest BCUT2D eigenvalue weighted by molar-refractivity contribution is 0.588. The summed E-state index contributed by atoms with van der Waals surface area (Å²) in [7, 11) is 0. The molecule has 0 aliphatic heterocycles.